The number of rotatable bonds is 5. The predicted molar refractivity (Wildman–Crippen MR) is 117 cm³/mol. The van der Waals surface area contributed by atoms with Gasteiger partial charge in [-0.25, -0.2) is 12.4 Å². The molecular weight excluding hydrogens is 480 g/mol. The van der Waals surface area contributed by atoms with Gasteiger partial charge < -0.3 is 4.90 Å². The first-order chi connectivity index (χ1) is 13.6. The van der Waals surface area contributed by atoms with Gasteiger partial charge in [0.2, 0.25) is 0 Å². The summed E-state index contributed by atoms with van der Waals surface area (Å²) in [6.07, 6.45) is 0. The van der Waals surface area contributed by atoms with Crippen LogP contribution in [0.25, 0.3) is 10.9 Å². The van der Waals surface area contributed by atoms with E-state index in [4.69, 9.17) is 11.6 Å². The zero-order valence-corrected chi connectivity index (χ0v) is 19.1. The number of benzene rings is 2. The molecule has 0 fully saturated rings. The Bertz CT molecular complexity index is 1230. The predicted octanol–water partition coefficient (Wildman–Crippen LogP) is 4.12. The van der Waals surface area contributed by atoms with Crippen LogP contribution in [0.5, 0.6) is 0 Å². The normalized spacial score (nSPS) is 11.6. The van der Waals surface area contributed by atoms with Crippen LogP contribution in [0.4, 0.5) is 0 Å². The van der Waals surface area contributed by atoms with E-state index >= 15 is 0 Å². The molecule has 0 unspecified atom stereocenters. The van der Waals surface area contributed by atoms with Gasteiger partial charge in [0.15, 0.2) is 5.78 Å². The number of nitrogens with zero attached hydrogens (tertiary/aromatic N) is 2. The number of fused-ring (bicyclic) bond motifs is 1. The SMILES string of the molecule is Cc1ccc(S(=O)(=O)n2c(C(=O)N(C)C)c(C(=O)CBr)c3cc(Cl)ccc32)cc1. The Hall–Kier alpha value is -2.16. The Labute approximate surface area is 182 Å². The van der Waals surface area contributed by atoms with Crippen LogP contribution in [-0.2, 0) is 10.0 Å². The third-order valence-corrected chi connectivity index (χ3v) is 6.93. The minimum Gasteiger partial charge on any atom is -0.343 e. The Kier molecular flexibility index (Phi) is 5.89. The maximum absolute atomic E-state index is 13.6. The molecule has 3 aromatic rings. The van der Waals surface area contributed by atoms with E-state index in [0.717, 1.165) is 9.54 Å². The summed E-state index contributed by atoms with van der Waals surface area (Å²) >= 11 is 9.24. The molecule has 0 atom stereocenters. The fourth-order valence-electron chi connectivity index (χ4n) is 3.06. The van der Waals surface area contributed by atoms with Gasteiger partial charge in [-0.05, 0) is 37.3 Å². The molecule has 0 saturated carbocycles. The Morgan fingerprint density at radius 1 is 1.10 bits per heavy atom. The molecule has 1 heterocycles. The van der Waals surface area contributed by atoms with Gasteiger partial charge in [-0.15, -0.1) is 0 Å². The van der Waals surface area contributed by atoms with Crippen LogP contribution in [0.15, 0.2) is 47.4 Å². The third kappa shape index (κ3) is 3.72. The lowest BCUT2D eigenvalue weighted by Crippen LogP contribution is -2.29. The first kappa shape index (κ1) is 21.5. The number of hydrogen-bond acceptors (Lipinski definition) is 4. The Balaban J connectivity index is 2.51. The van der Waals surface area contributed by atoms with Crippen molar-refractivity contribution in [1.29, 1.82) is 0 Å². The van der Waals surface area contributed by atoms with Gasteiger partial charge in [0.1, 0.15) is 5.69 Å². The number of amides is 1. The van der Waals surface area contributed by atoms with Gasteiger partial charge >= 0.3 is 0 Å². The highest BCUT2D eigenvalue weighted by Gasteiger charge is 2.33. The van der Waals surface area contributed by atoms with Crippen molar-refractivity contribution in [2.24, 2.45) is 0 Å². The molecule has 1 aromatic heterocycles. The minimum atomic E-state index is -4.17. The van der Waals surface area contributed by atoms with Crippen LogP contribution >= 0.6 is 27.5 Å². The quantitative estimate of drug-likeness (QED) is 0.392. The van der Waals surface area contributed by atoms with Crippen molar-refractivity contribution in [2.45, 2.75) is 11.8 Å². The van der Waals surface area contributed by atoms with Crippen molar-refractivity contribution in [2.75, 3.05) is 19.4 Å². The first-order valence-electron chi connectivity index (χ1n) is 8.56. The van der Waals surface area contributed by atoms with Crippen LogP contribution in [-0.4, -0.2) is 48.4 Å². The van der Waals surface area contributed by atoms with E-state index < -0.39 is 21.7 Å². The molecule has 1 amide bonds. The molecule has 3 rings (SSSR count). The summed E-state index contributed by atoms with van der Waals surface area (Å²) in [7, 11) is -1.17. The number of aryl methyl sites for hydroxylation is 1. The second kappa shape index (κ2) is 7.93. The molecule has 0 N–H and O–H groups in total. The van der Waals surface area contributed by atoms with Crippen molar-refractivity contribution in [3.05, 3.63) is 64.3 Å². The molecule has 152 valence electrons. The van der Waals surface area contributed by atoms with Gasteiger partial charge in [0.25, 0.3) is 15.9 Å². The zero-order chi connectivity index (χ0) is 21.5. The third-order valence-electron chi connectivity index (χ3n) is 4.45. The maximum Gasteiger partial charge on any atom is 0.271 e. The summed E-state index contributed by atoms with van der Waals surface area (Å²) < 4.78 is 28.1. The number of ketones is 1. The van der Waals surface area contributed by atoms with Crippen LogP contribution in [0, 0.1) is 6.92 Å². The molecule has 2 aromatic carbocycles. The summed E-state index contributed by atoms with van der Waals surface area (Å²) in [5.41, 5.74) is 0.920. The number of carbonyl (C=O) groups is 2. The highest BCUT2D eigenvalue weighted by Crippen LogP contribution is 2.33. The lowest BCUT2D eigenvalue weighted by Gasteiger charge is -2.16. The molecule has 0 bridgehead atoms. The topological polar surface area (TPSA) is 76.5 Å². The largest absolute Gasteiger partial charge is 0.343 e. The molecule has 0 saturated heterocycles. The molecular formula is C20H18BrClN2O4S. The number of Topliss-reactive ketones (excluding diaryl/α,β-unsaturated/α-hetero) is 1. The lowest BCUT2D eigenvalue weighted by molar-refractivity contribution is 0.0815. The summed E-state index contributed by atoms with van der Waals surface area (Å²) in [5, 5.41) is 0.564. The number of carbonyl (C=O) groups excluding carboxylic acids is 2. The highest BCUT2D eigenvalue weighted by molar-refractivity contribution is 9.09. The fourth-order valence-corrected chi connectivity index (χ4v) is 5.03. The smallest absolute Gasteiger partial charge is 0.271 e. The molecule has 9 heteroatoms. The van der Waals surface area contributed by atoms with Crippen molar-refractivity contribution >= 4 is 60.1 Å². The average molecular weight is 498 g/mol. The van der Waals surface area contributed by atoms with Crippen LogP contribution < -0.4 is 0 Å². The summed E-state index contributed by atoms with van der Waals surface area (Å²) in [6, 6.07) is 10.8. The summed E-state index contributed by atoms with van der Waals surface area (Å²) in [5.74, 6) is -1.02. The van der Waals surface area contributed by atoms with E-state index in [1.165, 1.54) is 49.3 Å². The van der Waals surface area contributed by atoms with E-state index in [1.807, 2.05) is 6.92 Å². The molecule has 6 nitrogen and oxygen atoms in total. The number of alkyl halides is 1. The van der Waals surface area contributed by atoms with E-state index in [2.05, 4.69) is 15.9 Å². The van der Waals surface area contributed by atoms with Crippen molar-refractivity contribution in [3.8, 4) is 0 Å². The van der Waals surface area contributed by atoms with E-state index in [-0.39, 0.29) is 27.0 Å². The maximum atomic E-state index is 13.6. The van der Waals surface area contributed by atoms with Crippen molar-refractivity contribution < 1.29 is 18.0 Å². The van der Waals surface area contributed by atoms with E-state index in [1.54, 1.807) is 12.1 Å². The number of hydrogen-bond donors (Lipinski definition) is 0. The van der Waals surface area contributed by atoms with Gasteiger partial charge in [-0.3, -0.25) is 9.59 Å². The van der Waals surface area contributed by atoms with Gasteiger partial charge in [-0.1, -0.05) is 45.2 Å². The van der Waals surface area contributed by atoms with Gasteiger partial charge in [0, 0.05) is 24.5 Å². The fraction of sp³-hybridized carbons (Fsp3) is 0.200. The average Bonchev–Trinajstić information content (AvgIpc) is 3.01. The molecule has 0 aliphatic rings. The molecule has 0 aliphatic carbocycles. The van der Waals surface area contributed by atoms with Crippen molar-refractivity contribution in [3.63, 3.8) is 0 Å². The summed E-state index contributed by atoms with van der Waals surface area (Å²) in [6.45, 7) is 1.84. The van der Waals surface area contributed by atoms with Crippen LogP contribution in [0.1, 0.15) is 26.4 Å². The lowest BCUT2D eigenvalue weighted by atomic mass is 10.1. The zero-order valence-electron chi connectivity index (χ0n) is 15.9. The van der Waals surface area contributed by atoms with E-state index in [0.29, 0.717) is 10.4 Å². The second-order valence-electron chi connectivity index (χ2n) is 6.72. The Morgan fingerprint density at radius 3 is 2.28 bits per heavy atom. The van der Waals surface area contributed by atoms with Gasteiger partial charge in [-0.2, -0.15) is 0 Å². The number of halogens is 2. The standard InChI is InChI=1S/C20H18BrClN2O4S/c1-12-4-7-14(8-5-12)29(27,28)24-16-9-6-13(22)10-15(16)18(17(25)11-21)19(24)20(26)23(2)3/h4-10H,11H2,1-3H3. The van der Waals surface area contributed by atoms with Crippen LogP contribution in [0.3, 0.4) is 0 Å². The first-order valence-corrected chi connectivity index (χ1v) is 11.5. The minimum absolute atomic E-state index is 0.0144. The second-order valence-corrected chi connectivity index (χ2v) is 9.51. The van der Waals surface area contributed by atoms with Crippen LogP contribution in [0.2, 0.25) is 5.02 Å². The molecule has 29 heavy (non-hydrogen) atoms. The highest BCUT2D eigenvalue weighted by atomic mass is 79.9. The number of aromatic nitrogens is 1. The summed E-state index contributed by atoms with van der Waals surface area (Å²) in [4.78, 5) is 27.0. The van der Waals surface area contributed by atoms with Crippen molar-refractivity contribution in [1.82, 2.24) is 8.87 Å². The molecule has 0 aliphatic heterocycles. The Morgan fingerprint density at radius 2 is 1.72 bits per heavy atom. The van der Waals surface area contributed by atoms with E-state index in [9.17, 15) is 18.0 Å². The molecule has 0 spiro atoms. The van der Waals surface area contributed by atoms with Gasteiger partial charge in [0.05, 0.1) is 21.3 Å². The monoisotopic (exact) mass is 496 g/mol. The molecule has 0 radical (unpaired) electrons.